The van der Waals surface area contributed by atoms with Crippen LogP contribution in [0.15, 0.2) is 69.6 Å². The Balaban J connectivity index is 1.68. The number of ether oxygens (including phenoxy) is 1. The Hall–Kier alpha value is -4.05. The van der Waals surface area contributed by atoms with Crippen molar-refractivity contribution in [2.75, 3.05) is 11.9 Å². The van der Waals surface area contributed by atoms with Crippen LogP contribution in [0, 0.1) is 5.82 Å². The minimum absolute atomic E-state index is 0.0703. The lowest BCUT2D eigenvalue weighted by Crippen LogP contribution is -2.41. The SMILES string of the molecule is CCOC(=O)c1ccccc1NC(=O)Cn1c(=O)n(Cc2ccc(F)cc2)c(=O)c2sccc21. The smallest absolute Gasteiger partial charge is 0.340 e. The number of hydrogen-bond acceptors (Lipinski definition) is 6. The number of nitrogens with zero attached hydrogens (tertiary/aromatic N) is 2. The molecule has 0 unspecified atom stereocenters. The summed E-state index contributed by atoms with van der Waals surface area (Å²) in [7, 11) is 0. The third-order valence-corrected chi connectivity index (χ3v) is 5.98. The first-order chi connectivity index (χ1) is 16.4. The van der Waals surface area contributed by atoms with E-state index < -0.39 is 28.9 Å². The van der Waals surface area contributed by atoms with Crippen LogP contribution < -0.4 is 16.6 Å². The summed E-state index contributed by atoms with van der Waals surface area (Å²) in [5.41, 5.74) is 0.185. The molecule has 4 rings (SSSR count). The van der Waals surface area contributed by atoms with Crippen LogP contribution in [-0.4, -0.2) is 27.6 Å². The van der Waals surface area contributed by atoms with Crippen LogP contribution in [0.3, 0.4) is 0 Å². The fraction of sp³-hybridized carbons (Fsp3) is 0.167. The van der Waals surface area contributed by atoms with E-state index >= 15 is 0 Å². The third-order valence-electron chi connectivity index (χ3n) is 5.09. The van der Waals surface area contributed by atoms with E-state index in [9.17, 15) is 23.6 Å². The molecule has 2 aromatic carbocycles. The molecule has 2 heterocycles. The zero-order valence-corrected chi connectivity index (χ0v) is 18.9. The van der Waals surface area contributed by atoms with E-state index in [4.69, 9.17) is 4.74 Å². The van der Waals surface area contributed by atoms with E-state index in [1.807, 2.05) is 0 Å². The highest BCUT2D eigenvalue weighted by atomic mass is 32.1. The Kier molecular flexibility index (Phi) is 6.69. The van der Waals surface area contributed by atoms with Gasteiger partial charge in [0, 0.05) is 0 Å². The number of fused-ring (bicyclic) bond motifs is 1. The molecule has 0 bridgehead atoms. The first kappa shape index (κ1) is 23.1. The number of esters is 1. The highest BCUT2D eigenvalue weighted by Gasteiger charge is 2.19. The van der Waals surface area contributed by atoms with E-state index in [2.05, 4.69) is 5.32 Å². The van der Waals surface area contributed by atoms with Gasteiger partial charge in [-0.15, -0.1) is 11.3 Å². The quantitative estimate of drug-likeness (QED) is 0.409. The number of hydrogen-bond donors (Lipinski definition) is 1. The summed E-state index contributed by atoms with van der Waals surface area (Å²) in [4.78, 5) is 51.2. The van der Waals surface area contributed by atoms with Crippen molar-refractivity contribution < 1.29 is 18.7 Å². The summed E-state index contributed by atoms with van der Waals surface area (Å²) in [5, 5.41) is 4.31. The van der Waals surface area contributed by atoms with Crippen LogP contribution in [0.25, 0.3) is 10.2 Å². The highest BCUT2D eigenvalue weighted by Crippen LogP contribution is 2.18. The molecule has 1 N–H and O–H groups in total. The number of anilines is 1. The number of nitrogens with one attached hydrogen (secondary N) is 1. The van der Waals surface area contributed by atoms with E-state index in [1.54, 1.807) is 36.6 Å². The van der Waals surface area contributed by atoms with Gasteiger partial charge in [-0.05, 0) is 48.2 Å². The molecule has 0 aliphatic rings. The van der Waals surface area contributed by atoms with Gasteiger partial charge < -0.3 is 10.1 Å². The van der Waals surface area contributed by atoms with Gasteiger partial charge in [0.05, 0.1) is 29.9 Å². The van der Waals surface area contributed by atoms with Crippen molar-refractivity contribution in [2.45, 2.75) is 20.0 Å². The normalized spacial score (nSPS) is 10.9. The fourth-order valence-corrected chi connectivity index (χ4v) is 4.35. The van der Waals surface area contributed by atoms with Crippen molar-refractivity contribution in [2.24, 2.45) is 0 Å². The highest BCUT2D eigenvalue weighted by molar-refractivity contribution is 7.17. The summed E-state index contributed by atoms with van der Waals surface area (Å²) in [6, 6.07) is 13.5. The predicted molar refractivity (Wildman–Crippen MR) is 127 cm³/mol. The maximum absolute atomic E-state index is 13.3. The standard InChI is InChI=1S/C24H20FN3O5S/c1-2-33-23(31)17-5-3-4-6-18(17)26-20(29)14-27-19-11-12-34-21(19)22(30)28(24(27)32)13-15-7-9-16(25)10-8-15/h3-12H,2,13-14H2,1H3,(H,26,29). The van der Waals surface area contributed by atoms with Crippen molar-refractivity contribution in [3.05, 3.63) is 97.8 Å². The summed E-state index contributed by atoms with van der Waals surface area (Å²) >= 11 is 1.16. The summed E-state index contributed by atoms with van der Waals surface area (Å²) in [6.07, 6.45) is 0. The topological polar surface area (TPSA) is 99.4 Å². The van der Waals surface area contributed by atoms with Crippen molar-refractivity contribution >= 4 is 39.1 Å². The lowest BCUT2D eigenvalue weighted by atomic mass is 10.2. The van der Waals surface area contributed by atoms with Gasteiger partial charge in [-0.2, -0.15) is 0 Å². The minimum Gasteiger partial charge on any atom is -0.462 e. The van der Waals surface area contributed by atoms with Gasteiger partial charge in [-0.3, -0.25) is 18.7 Å². The van der Waals surface area contributed by atoms with Gasteiger partial charge >= 0.3 is 11.7 Å². The molecule has 0 saturated carbocycles. The zero-order chi connectivity index (χ0) is 24.2. The average Bonchev–Trinajstić information content (AvgIpc) is 3.31. The predicted octanol–water partition coefficient (Wildman–Crippen LogP) is 3.23. The van der Waals surface area contributed by atoms with Crippen LogP contribution in [-0.2, 0) is 22.6 Å². The molecule has 1 amide bonds. The van der Waals surface area contributed by atoms with Crippen molar-refractivity contribution in [1.29, 1.82) is 0 Å². The summed E-state index contributed by atoms with van der Waals surface area (Å²) < 4.78 is 20.8. The molecular weight excluding hydrogens is 461 g/mol. The van der Waals surface area contributed by atoms with Crippen LogP contribution in [0.2, 0.25) is 0 Å². The molecule has 0 fully saturated rings. The van der Waals surface area contributed by atoms with Gasteiger partial charge in [0.15, 0.2) is 0 Å². The number of halogens is 1. The number of aromatic nitrogens is 2. The molecule has 0 spiro atoms. The fourth-order valence-electron chi connectivity index (χ4n) is 3.51. The number of carbonyl (C=O) groups is 2. The Labute approximate surface area is 196 Å². The summed E-state index contributed by atoms with van der Waals surface area (Å²) in [6.45, 7) is 1.41. The molecule has 174 valence electrons. The lowest BCUT2D eigenvalue weighted by Gasteiger charge is -2.14. The van der Waals surface area contributed by atoms with Gasteiger partial charge in [0.25, 0.3) is 5.56 Å². The second-order valence-corrected chi connectivity index (χ2v) is 8.25. The Morgan fingerprint density at radius 3 is 2.50 bits per heavy atom. The maximum atomic E-state index is 13.3. The number of benzene rings is 2. The second-order valence-electron chi connectivity index (χ2n) is 7.34. The summed E-state index contributed by atoms with van der Waals surface area (Å²) in [5.74, 6) is -1.57. The van der Waals surface area contributed by atoms with E-state index in [-0.39, 0.29) is 30.9 Å². The first-order valence-corrected chi connectivity index (χ1v) is 11.3. The van der Waals surface area contributed by atoms with Crippen LogP contribution in [0.5, 0.6) is 0 Å². The van der Waals surface area contributed by atoms with Gasteiger partial charge in [-0.25, -0.2) is 14.0 Å². The number of para-hydroxylation sites is 1. The van der Waals surface area contributed by atoms with Crippen LogP contribution in [0.4, 0.5) is 10.1 Å². The number of carbonyl (C=O) groups excluding carboxylic acids is 2. The molecule has 10 heteroatoms. The molecule has 2 aromatic heterocycles. The Bertz CT molecular complexity index is 1490. The van der Waals surface area contributed by atoms with Gasteiger partial charge in [0.1, 0.15) is 17.1 Å². The van der Waals surface area contributed by atoms with Crippen LogP contribution >= 0.6 is 11.3 Å². The zero-order valence-electron chi connectivity index (χ0n) is 18.1. The number of thiophene rings is 1. The monoisotopic (exact) mass is 481 g/mol. The molecule has 34 heavy (non-hydrogen) atoms. The average molecular weight is 482 g/mol. The first-order valence-electron chi connectivity index (χ1n) is 10.4. The second kappa shape index (κ2) is 9.84. The van der Waals surface area contributed by atoms with E-state index in [1.165, 1.54) is 34.9 Å². The lowest BCUT2D eigenvalue weighted by molar-refractivity contribution is -0.116. The Morgan fingerprint density at radius 2 is 1.76 bits per heavy atom. The van der Waals surface area contributed by atoms with E-state index in [0.29, 0.717) is 15.8 Å². The number of rotatable bonds is 7. The molecule has 0 saturated heterocycles. The third kappa shape index (κ3) is 4.67. The molecule has 0 atom stereocenters. The van der Waals surface area contributed by atoms with Gasteiger partial charge in [0.2, 0.25) is 5.91 Å². The number of amides is 1. The molecule has 0 radical (unpaired) electrons. The van der Waals surface area contributed by atoms with Gasteiger partial charge in [-0.1, -0.05) is 24.3 Å². The molecule has 4 aromatic rings. The molecule has 0 aliphatic carbocycles. The maximum Gasteiger partial charge on any atom is 0.340 e. The molecular formula is C24H20FN3O5S. The molecule has 0 aliphatic heterocycles. The largest absolute Gasteiger partial charge is 0.462 e. The minimum atomic E-state index is -0.672. The Morgan fingerprint density at radius 1 is 1.03 bits per heavy atom. The van der Waals surface area contributed by atoms with E-state index in [0.717, 1.165) is 15.9 Å². The molecule has 8 nitrogen and oxygen atoms in total. The van der Waals surface area contributed by atoms with Crippen molar-refractivity contribution in [1.82, 2.24) is 9.13 Å². The van der Waals surface area contributed by atoms with Crippen molar-refractivity contribution in [3.63, 3.8) is 0 Å². The van der Waals surface area contributed by atoms with Crippen LogP contribution in [0.1, 0.15) is 22.8 Å². The van der Waals surface area contributed by atoms with Crippen molar-refractivity contribution in [3.8, 4) is 0 Å².